The minimum absolute atomic E-state index is 0.0483. The summed E-state index contributed by atoms with van der Waals surface area (Å²) in [5.74, 6) is 1.17. The molecule has 7 heteroatoms. The summed E-state index contributed by atoms with van der Waals surface area (Å²) in [5.41, 5.74) is 0.0853. The van der Waals surface area contributed by atoms with E-state index in [1.807, 2.05) is 0 Å². The summed E-state index contributed by atoms with van der Waals surface area (Å²) in [5, 5.41) is 11.3. The number of thioether (sulfide) groups is 1. The lowest BCUT2D eigenvalue weighted by molar-refractivity contribution is -0.140. The molecule has 0 amide bonds. The van der Waals surface area contributed by atoms with E-state index in [2.05, 4.69) is 59.9 Å². The minimum Gasteiger partial charge on any atom is -0.550 e. The van der Waals surface area contributed by atoms with E-state index in [0.29, 0.717) is 18.8 Å². The molecule has 0 fully saturated rings. The number of aliphatic hydroxyl groups excluding tert-OH is 1. The van der Waals surface area contributed by atoms with Crippen LogP contribution in [0.2, 0.25) is 13.1 Å². The number of hydrogen-bond acceptors (Lipinski definition) is 6. The summed E-state index contributed by atoms with van der Waals surface area (Å²) in [6, 6.07) is 0. The number of esters is 1. The van der Waals surface area contributed by atoms with Gasteiger partial charge < -0.3 is 14.3 Å². The first-order chi connectivity index (χ1) is 17.0. The van der Waals surface area contributed by atoms with Gasteiger partial charge in [-0.25, -0.2) is 0 Å². The Labute approximate surface area is 226 Å². The molecule has 1 rings (SSSR count). The highest BCUT2D eigenvalue weighted by Gasteiger charge is 2.43. The number of Topliss-reactive ketones (excluding diaryl/α,β-unsaturated/α-hetero) is 1. The molecule has 208 valence electrons. The largest absolute Gasteiger partial charge is 0.550 e. The Morgan fingerprint density at radius 3 is 2.36 bits per heavy atom. The number of carbonyl (C=O) groups excluding carboxylic acids is 2. The molecule has 0 aromatic carbocycles. The van der Waals surface area contributed by atoms with Crippen molar-refractivity contribution in [3.63, 3.8) is 0 Å². The van der Waals surface area contributed by atoms with Gasteiger partial charge in [0.1, 0.15) is 0 Å². The van der Waals surface area contributed by atoms with E-state index in [0.717, 1.165) is 42.1 Å². The fourth-order valence-corrected chi connectivity index (χ4v) is 6.40. The molecule has 5 nitrogen and oxygen atoms in total. The Bertz CT molecular complexity index is 740. The van der Waals surface area contributed by atoms with Crippen LogP contribution in [0, 0.1) is 23.2 Å². The topological polar surface area (TPSA) is 72.8 Å². The molecule has 0 saturated carbocycles. The van der Waals surface area contributed by atoms with Crippen molar-refractivity contribution in [3.8, 4) is 0 Å². The summed E-state index contributed by atoms with van der Waals surface area (Å²) in [4.78, 5) is 25.6. The van der Waals surface area contributed by atoms with Crippen molar-refractivity contribution in [2.45, 2.75) is 112 Å². The van der Waals surface area contributed by atoms with Gasteiger partial charge in [0, 0.05) is 17.2 Å². The van der Waals surface area contributed by atoms with Crippen LogP contribution in [0.4, 0.5) is 0 Å². The van der Waals surface area contributed by atoms with Gasteiger partial charge in [0.15, 0.2) is 5.78 Å². The van der Waals surface area contributed by atoms with Gasteiger partial charge in [-0.05, 0) is 55.5 Å². The van der Waals surface area contributed by atoms with Crippen molar-refractivity contribution in [3.05, 3.63) is 22.8 Å². The molecule has 0 bridgehead atoms. The summed E-state index contributed by atoms with van der Waals surface area (Å²) >= 11 is 1.56. The number of methoxy groups -OCH3 is 1. The average molecular weight is 541 g/mol. The second kappa shape index (κ2) is 16.7. The third-order valence-electron chi connectivity index (χ3n) is 6.88. The maximum Gasteiger partial charge on any atom is 0.305 e. The van der Waals surface area contributed by atoms with Crippen LogP contribution >= 0.6 is 11.8 Å². The van der Waals surface area contributed by atoms with Crippen LogP contribution in [0.3, 0.4) is 0 Å². The normalized spacial score (nSPS) is 20.4. The lowest BCUT2D eigenvalue weighted by atomic mass is 9.76. The first kappa shape index (κ1) is 33.0. The molecular formula is C29H52O5SSi. The molecule has 0 aromatic heterocycles. The molecule has 0 heterocycles. The number of unbranched alkanes of at least 4 members (excludes halogenated alkanes) is 4. The molecule has 4 unspecified atom stereocenters. The Morgan fingerprint density at radius 1 is 1.14 bits per heavy atom. The van der Waals surface area contributed by atoms with E-state index in [1.54, 1.807) is 11.8 Å². The van der Waals surface area contributed by atoms with Crippen molar-refractivity contribution in [1.29, 1.82) is 0 Å². The SMILES string of the molecule is CCCCCC(/C=C(\O[SiH](C)C)C1C=C(SCC)C(=O)C1C(O)CCCCCC(=O)OC)C(C)(C)C. The van der Waals surface area contributed by atoms with E-state index in [4.69, 9.17) is 9.16 Å². The molecule has 1 aliphatic carbocycles. The van der Waals surface area contributed by atoms with Gasteiger partial charge >= 0.3 is 5.97 Å². The molecule has 0 saturated heterocycles. The second-order valence-electron chi connectivity index (χ2n) is 11.3. The Balaban J connectivity index is 3.19. The third-order valence-corrected chi connectivity index (χ3v) is 8.56. The fraction of sp³-hybridized carbons (Fsp3) is 0.793. The molecule has 0 aliphatic heterocycles. The number of rotatable bonds is 17. The van der Waals surface area contributed by atoms with Gasteiger partial charge in [-0.2, -0.15) is 0 Å². The van der Waals surface area contributed by atoms with E-state index in [9.17, 15) is 14.7 Å². The predicted octanol–water partition coefficient (Wildman–Crippen LogP) is 7.05. The van der Waals surface area contributed by atoms with Crippen LogP contribution in [0.5, 0.6) is 0 Å². The Morgan fingerprint density at radius 2 is 1.81 bits per heavy atom. The number of aliphatic hydroxyl groups is 1. The van der Waals surface area contributed by atoms with Crippen LogP contribution in [0.1, 0.15) is 92.4 Å². The number of hydrogen-bond donors (Lipinski definition) is 1. The second-order valence-corrected chi connectivity index (χ2v) is 15.0. The number of allylic oxidation sites excluding steroid dienone is 3. The van der Waals surface area contributed by atoms with Crippen molar-refractivity contribution >= 4 is 32.6 Å². The first-order valence-corrected chi connectivity index (χ1v) is 17.7. The zero-order chi connectivity index (χ0) is 27.3. The summed E-state index contributed by atoms with van der Waals surface area (Å²) in [6.07, 6.45) is 11.6. The Kier molecular flexibility index (Phi) is 15.3. The molecule has 1 aliphatic rings. The zero-order valence-corrected chi connectivity index (χ0v) is 26.1. The van der Waals surface area contributed by atoms with Crippen LogP contribution in [-0.4, -0.2) is 44.9 Å². The number of ketones is 1. The summed E-state index contributed by atoms with van der Waals surface area (Å²) in [7, 11) is -0.0312. The van der Waals surface area contributed by atoms with Crippen LogP contribution in [-0.2, 0) is 18.8 Å². The van der Waals surface area contributed by atoms with Crippen LogP contribution in [0.15, 0.2) is 22.8 Å². The highest BCUT2D eigenvalue weighted by atomic mass is 32.2. The smallest absolute Gasteiger partial charge is 0.305 e. The lowest BCUT2D eigenvalue weighted by Gasteiger charge is -2.32. The van der Waals surface area contributed by atoms with Gasteiger partial charge in [-0.15, -0.1) is 11.8 Å². The van der Waals surface area contributed by atoms with Gasteiger partial charge in [0.25, 0.3) is 0 Å². The van der Waals surface area contributed by atoms with Crippen molar-refractivity contribution in [1.82, 2.24) is 0 Å². The monoisotopic (exact) mass is 540 g/mol. The van der Waals surface area contributed by atoms with Gasteiger partial charge in [-0.3, -0.25) is 9.59 Å². The molecule has 36 heavy (non-hydrogen) atoms. The summed E-state index contributed by atoms with van der Waals surface area (Å²) < 4.78 is 11.2. The zero-order valence-electron chi connectivity index (χ0n) is 24.1. The molecule has 0 aromatic rings. The van der Waals surface area contributed by atoms with Crippen molar-refractivity contribution < 1.29 is 23.9 Å². The Hall–Kier alpha value is -1.05. The van der Waals surface area contributed by atoms with E-state index >= 15 is 0 Å². The molecule has 0 radical (unpaired) electrons. The fourth-order valence-electron chi connectivity index (χ4n) is 4.79. The minimum atomic E-state index is -1.43. The van der Waals surface area contributed by atoms with E-state index in [-0.39, 0.29) is 23.1 Å². The number of carbonyl (C=O) groups is 2. The summed E-state index contributed by atoms with van der Waals surface area (Å²) in [6.45, 7) is 15.4. The van der Waals surface area contributed by atoms with Gasteiger partial charge in [0.2, 0.25) is 9.04 Å². The molecule has 4 atom stereocenters. The van der Waals surface area contributed by atoms with E-state index < -0.39 is 21.1 Å². The maximum absolute atomic E-state index is 13.5. The van der Waals surface area contributed by atoms with Crippen molar-refractivity contribution in [2.75, 3.05) is 12.9 Å². The lowest BCUT2D eigenvalue weighted by Crippen LogP contribution is -2.33. The van der Waals surface area contributed by atoms with Crippen LogP contribution < -0.4 is 0 Å². The van der Waals surface area contributed by atoms with Crippen molar-refractivity contribution in [2.24, 2.45) is 23.2 Å². The quantitative estimate of drug-likeness (QED) is 0.0922. The maximum atomic E-state index is 13.5. The first-order valence-electron chi connectivity index (χ1n) is 14.0. The van der Waals surface area contributed by atoms with E-state index in [1.165, 1.54) is 26.4 Å². The molecule has 0 spiro atoms. The number of ether oxygens (including phenoxy) is 1. The van der Waals surface area contributed by atoms with Gasteiger partial charge in [-0.1, -0.05) is 72.8 Å². The highest BCUT2D eigenvalue weighted by molar-refractivity contribution is 8.04. The highest BCUT2D eigenvalue weighted by Crippen LogP contribution is 2.43. The van der Waals surface area contributed by atoms with Gasteiger partial charge in [0.05, 0.1) is 24.9 Å². The predicted molar refractivity (Wildman–Crippen MR) is 154 cm³/mol. The third kappa shape index (κ3) is 11.1. The molecular weight excluding hydrogens is 488 g/mol. The standard InChI is InChI=1S/C29H52O5SSi/c1-9-11-13-16-21(29(3,4)5)19-24(34-36(7)8)22-20-25(35-10-2)28(32)27(22)23(30)17-14-12-15-18-26(31)33-6/h19-23,27,30,36H,9-18H2,1-8H3/b24-19-. The average Bonchev–Trinajstić information content (AvgIpc) is 3.12. The van der Waals surface area contributed by atoms with Crippen LogP contribution in [0.25, 0.3) is 0 Å². The molecule has 1 N–H and O–H groups in total.